The molecule has 0 bridgehead atoms. The Morgan fingerprint density at radius 2 is 2.00 bits per heavy atom. The molecule has 19 heavy (non-hydrogen) atoms. The van der Waals surface area contributed by atoms with Crippen LogP contribution < -0.4 is 5.32 Å². The van der Waals surface area contributed by atoms with Crippen LogP contribution in [0.3, 0.4) is 0 Å². The largest absolute Gasteiger partial charge is 0.377 e. The van der Waals surface area contributed by atoms with E-state index in [9.17, 15) is 4.79 Å². The molecule has 0 aromatic rings. The van der Waals surface area contributed by atoms with Crippen LogP contribution in [0, 0.1) is 0 Å². The zero-order valence-electron chi connectivity index (χ0n) is 12.4. The van der Waals surface area contributed by atoms with Crippen LogP contribution in [0.1, 0.15) is 26.2 Å². The quantitative estimate of drug-likeness (QED) is 0.797. The van der Waals surface area contributed by atoms with Gasteiger partial charge in [0.1, 0.15) is 0 Å². The van der Waals surface area contributed by atoms with Crippen molar-refractivity contribution in [3.8, 4) is 0 Å². The lowest BCUT2D eigenvalue weighted by Gasteiger charge is -2.34. The van der Waals surface area contributed by atoms with Gasteiger partial charge in [-0.05, 0) is 26.2 Å². The fourth-order valence-electron chi connectivity index (χ4n) is 2.84. The molecule has 2 rings (SSSR count). The van der Waals surface area contributed by atoms with Gasteiger partial charge in [0.15, 0.2) is 0 Å². The summed E-state index contributed by atoms with van der Waals surface area (Å²) in [6, 6.07) is 1.10. The summed E-state index contributed by atoms with van der Waals surface area (Å²) >= 11 is 0. The van der Waals surface area contributed by atoms with Gasteiger partial charge in [-0.1, -0.05) is 0 Å². The zero-order chi connectivity index (χ0) is 13.8. The van der Waals surface area contributed by atoms with E-state index in [1.165, 1.54) is 0 Å². The Morgan fingerprint density at radius 3 is 2.53 bits per heavy atom. The van der Waals surface area contributed by atoms with Gasteiger partial charge in [-0.15, -0.1) is 0 Å². The van der Waals surface area contributed by atoms with Gasteiger partial charge in [0.25, 0.3) is 0 Å². The Kier molecular flexibility index (Phi) is 5.19. The van der Waals surface area contributed by atoms with Crippen LogP contribution in [0.4, 0.5) is 0 Å². The molecular weight excluding hydrogens is 242 g/mol. The summed E-state index contributed by atoms with van der Waals surface area (Å²) in [7, 11) is 3.64. The lowest BCUT2D eigenvalue weighted by Crippen LogP contribution is -2.49. The van der Waals surface area contributed by atoms with E-state index >= 15 is 0 Å². The third-order valence-corrected chi connectivity index (χ3v) is 4.27. The molecule has 2 atom stereocenters. The third kappa shape index (κ3) is 4.16. The molecule has 0 aromatic heterocycles. The molecule has 0 aromatic carbocycles. The predicted octanol–water partition coefficient (Wildman–Crippen LogP) is 0.306. The van der Waals surface area contributed by atoms with E-state index in [0.29, 0.717) is 24.7 Å². The number of hydrogen-bond donors (Lipinski definition) is 1. The smallest absolute Gasteiger partial charge is 0.236 e. The zero-order valence-corrected chi connectivity index (χ0v) is 12.4. The summed E-state index contributed by atoms with van der Waals surface area (Å²) in [6.07, 6.45) is 3.72. The summed E-state index contributed by atoms with van der Waals surface area (Å²) in [5.41, 5.74) is 0. The average Bonchev–Trinajstić information content (AvgIpc) is 2.77. The molecular formula is C14H27N3O2. The van der Waals surface area contributed by atoms with Crippen molar-refractivity contribution in [3.05, 3.63) is 0 Å². The second-order valence-electron chi connectivity index (χ2n) is 5.98. The Hall–Kier alpha value is -0.650. The summed E-state index contributed by atoms with van der Waals surface area (Å²) in [4.78, 5) is 15.6. The van der Waals surface area contributed by atoms with Crippen molar-refractivity contribution in [2.24, 2.45) is 0 Å². The Balaban J connectivity index is 1.69. The molecule has 2 saturated heterocycles. The number of likely N-dealkylation sites (tertiary alicyclic amines) is 1. The van der Waals surface area contributed by atoms with Crippen molar-refractivity contribution >= 4 is 5.91 Å². The molecule has 0 radical (unpaired) electrons. The highest BCUT2D eigenvalue weighted by Gasteiger charge is 2.28. The summed E-state index contributed by atoms with van der Waals surface area (Å²) < 4.78 is 5.58. The number of amides is 1. The average molecular weight is 269 g/mol. The van der Waals surface area contributed by atoms with Crippen LogP contribution in [0.2, 0.25) is 0 Å². The lowest BCUT2D eigenvalue weighted by molar-refractivity contribution is -0.130. The second-order valence-corrected chi connectivity index (χ2v) is 5.98. The minimum Gasteiger partial charge on any atom is -0.377 e. The highest BCUT2D eigenvalue weighted by atomic mass is 16.5. The molecule has 5 heteroatoms. The van der Waals surface area contributed by atoms with E-state index in [1.807, 2.05) is 14.1 Å². The Bertz CT molecular complexity index is 301. The Labute approximate surface area is 116 Å². The van der Waals surface area contributed by atoms with Gasteiger partial charge >= 0.3 is 0 Å². The molecule has 0 spiro atoms. The van der Waals surface area contributed by atoms with Crippen molar-refractivity contribution < 1.29 is 9.53 Å². The number of nitrogens with one attached hydrogen (secondary N) is 1. The first-order chi connectivity index (χ1) is 9.06. The number of ether oxygens (including phenoxy) is 1. The van der Waals surface area contributed by atoms with Crippen LogP contribution >= 0.6 is 0 Å². The van der Waals surface area contributed by atoms with Gasteiger partial charge in [0.05, 0.1) is 12.6 Å². The summed E-state index contributed by atoms with van der Waals surface area (Å²) in [5, 5.41) is 3.72. The first-order valence-corrected chi connectivity index (χ1v) is 7.36. The molecule has 2 aliphatic rings. The normalized spacial score (nSPS) is 29.6. The summed E-state index contributed by atoms with van der Waals surface area (Å²) in [6.45, 7) is 5.62. The highest BCUT2D eigenvalue weighted by Crippen LogP contribution is 2.17. The third-order valence-electron chi connectivity index (χ3n) is 4.27. The molecule has 0 aliphatic carbocycles. The minimum atomic E-state index is 0.198. The number of carbonyl (C=O) groups excluding carboxylic acids is 1. The van der Waals surface area contributed by atoms with Gasteiger partial charge in [-0.25, -0.2) is 0 Å². The monoisotopic (exact) mass is 269 g/mol. The number of likely N-dealkylation sites (N-methyl/N-ethyl adjacent to an activating group) is 1. The fourth-order valence-corrected chi connectivity index (χ4v) is 2.84. The first kappa shape index (κ1) is 14.8. The van der Waals surface area contributed by atoms with Crippen molar-refractivity contribution in [3.63, 3.8) is 0 Å². The molecule has 1 N–H and O–H groups in total. The van der Waals surface area contributed by atoms with Crippen molar-refractivity contribution in [2.75, 3.05) is 40.3 Å². The van der Waals surface area contributed by atoms with E-state index in [0.717, 1.165) is 39.0 Å². The molecule has 2 fully saturated rings. The topological polar surface area (TPSA) is 44.8 Å². The van der Waals surface area contributed by atoms with Gasteiger partial charge in [-0.3, -0.25) is 9.69 Å². The van der Waals surface area contributed by atoms with E-state index < -0.39 is 0 Å². The second kappa shape index (κ2) is 6.68. The standard InChI is InChI=1S/C14H27N3O2/c1-11-13(6-9-19-11)15-12-4-7-17(8-5-12)10-14(18)16(2)3/h11-13,15H,4-10H2,1-3H3. The van der Waals surface area contributed by atoms with Gasteiger partial charge in [0, 0.05) is 45.9 Å². The van der Waals surface area contributed by atoms with Gasteiger partial charge in [-0.2, -0.15) is 0 Å². The van der Waals surface area contributed by atoms with Crippen LogP contribution in [0.15, 0.2) is 0 Å². The highest BCUT2D eigenvalue weighted by molar-refractivity contribution is 5.77. The van der Waals surface area contributed by atoms with E-state index in [2.05, 4.69) is 17.1 Å². The van der Waals surface area contributed by atoms with E-state index in [-0.39, 0.29) is 5.91 Å². The maximum absolute atomic E-state index is 11.7. The van der Waals surface area contributed by atoms with Crippen molar-refractivity contribution in [1.29, 1.82) is 0 Å². The number of hydrogen-bond acceptors (Lipinski definition) is 4. The lowest BCUT2D eigenvalue weighted by atomic mass is 10.0. The number of rotatable bonds is 4. The first-order valence-electron chi connectivity index (χ1n) is 7.36. The number of nitrogens with zero attached hydrogens (tertiary/aromatic N) is 2. The molecule has 2 heterocycles. The molecule has 2 aliphatic heterocycles. The van der Waals surface area contributed by atoms with Crippen LogP contribution in [-0.2, 0) is 9.53 Å². The van der Waals surface area contributed by atoms with Crippen molar-refractivity contribution in [2.45, 2.75) is 44.4 Å². The SMILES string of the molecule is CC1OCCC1NC1CCN(CC(=O)N(C)C)CC1. The molecule has 0 saturated carbocycles. The van der Waals surface area contributed by atoms with E-state index in [4.69, 9.17) is 4.74 Å². The van der Waals surface area contributed by atoms with Crippen LogP contribution in [-0.4, -0.2) is 74.2 Å². The van der Waals surface area contributed by atoms with E-state index in [1.54, 1.807) is 4.90 Å². The van der Waals surface area contributed by atoms with Crippen LogP contribution in [0.25, 0.3) is 0 Å². The van der Waals surface area contributed by atoms with Crippen LogP contribution in [0.5, 0.6) is 0 Å². The number of carbonyl (C=O) groups is 1. The Morgan fingerprint density at radius 1 is 1.32 bits per heavy atom. The molecule has 110 valence electrons. The van der Waals surface area contributed by atoms with Crippen molar-refractivity contribution in [1.82, 2.24) is 15.1 Å². The maximum Gasteiger partial charge on any atom is 0.236 e. The maximum atomic E-state index is 11.7. The minimum absolute atomic E-state index is 0.198. The van der Waals surface area contributed by atoms with Gasteiger partial charge in [0.2, 0.25) is 5.91 Å². The predicted molar refractivity (Wildman–Crippen MR) is 75.1 cm³/mol. The fraction of sp³-hybridized carbons (Fsp3) is 0.929. The van der Waals surface area contributed by atoms with Gasteiger partial charge < -0.3 is 15.0 Å². The molecule has 2 unspecified atom stereocenters. The summed E-state index contributed by atoms with van der Waals surface area (Å²) in [5.74, 6) is 0.198. The molecule has 5 nitrogen and oxygen atoms in total. The number of piperidine rings is 1. The molecule has 1 amide bonds.